The molecule has 212 valence electrons. The van der Waals surface area contributed by atoms with Crippen LogP contribution in [0.25, 0.3) is 10.8 Å². The van der Waals surface area contributed by atoms with Gasteiger partial charge < -0.3 is 14.5 Å². The molecular weight excluding hydrogens is 552 g/mol. The van der Waals surface area contributed by atoms with Gasteiger partial charge in [0, 0.05) is 49.3 Å². The van der Waals surface area contributed by atoms with Gasteiger partial charge in [-0.3, -0.25) is 9.78 Å². The highest BCUT2D eigenvalue weighted by Gasteiger charge is 2.43. The van der Waals surface area contributed by atoms with Crippen LogP contribution in [0.1, 0.15) is 26.2 Å². The molecule has 2 aromatic carbocycles. The van der Waals surface area contributed by atoms with Gasteiger partial charge in [-0.2, -0.15) is 4.31 Å². The van der Waals surface area contributed by atoms with Gasteiger partial charge >= 0.3 is 5.97 Å². The predicted octanol–water partition coefficient (Wildman–Crippen LogP) is 3.96. The Morgan fingerprint density at radius 2 is 1.75 bits per heavy atom. The topological polar surface area (TPSA) is 100 Å². The van der Waals surface area contributed by atoms with E-state index in [1.54, 1.807) is 47.6 Å². The van der Waals surface area contributed by atoms with E-state index in [-0.39, 0.29) is 30.5 Å². The predicted molar refractivity (Wildman–Crippen MR) is 154 cm³/mol. The molecule has 1 atom stereocenters. The van der Waals surface area contributed by atoms with Crippen LogP contribution in [0.3, 0.4) is 0 Å². The van der Waals surface area contributed by atoms with Crippen LogP contribution in [0.2, 0.25) is 5.02 Å². The van der Waals surface area contributed by atoms with Crippen LogP contribution in [0.15, 0.2) is 65.8 Å². The minimum atomic E-state index is -4.04. The van der Waals surface area contributed by atoms with Crippen LogP contribution >= 0.6 is 11.6 Å². The maximum Gasteiger partial charge on any atom is 0.330 e. The van der Waals surface area contributed by atoms with Gasteiger partial charge in [0.05, 0.1) is 18.0 Å². The number of ether oxygens (including phenoxy) is 1. The minimum Gasteiger partial charge on any atom is -0.464 e. The first kappa shape index (κ1) is 28.3. The highest BCUT2D eigenvalue weighted by atomic mass is 35.5. The van der Waals surface area contributed by atoms with E-state index in [1.807, 2.05) is 19.1 Å². The van der Waals surface area contributed by atoms with Crippen molar-refractivity contribution in [3.63, 3.8) is 0 Å². The number of halogens is 1. The third-order valence-electron chi connectivity index (χ3n) is 7.61. The first-order valence-electron chi connectivity index (χ1n) is 13.6. The lowest BCUT2D eigenvalue weighted by atomic mass is 9.94. The summed E-state index contributed by atoms with van der Waals surface area (Å²) in [5, 5.41) is 2.08. The molecule has 1 amide bonds. The molecule has 5 rings (SSSR count). The number of aromatic nitrogens is 1. The molecule has 1 aromatic heterocycles. The molecule has 2 aliphatic rings. The van der Waals surface area contributed by atoms with E-state index < -0.39 is 27.9 Å². The van der Waals surface area contributed by atoms with E-state index in [2.05, 4.69) is 9.88 Å². The van der Waals surface area contributed by atoms with Gasteiger partial charge in [0.1, 0.15) is 6.04 Å². The van der Waals surface area contributed by atoms with Crippen molar-refractivity contribution in [2.24, 2.45) is 5.92 Å². The Hall–Kier alpha value is -3.21. The van der Waals surface area contributed by atoms with Gasteiger partial charge in [-0.1, -0.05) is 30.7 Å². The number of pyridine rings is 1. The number of carbonyl (C=O) groups excluding carboxylic acids is 2. The molecule has 3 heterocycles. The number of esters is 1. The molecule has 0 N–H and O–H groups in total. The van der Waals surface area contributed by atoms with Crippen molar-refractivity contribution in [3.05, 3.63) is 65.9 Å². The zero-order valence-corrected chi connectivity index (χ0v) is 24.0. The van der Waals surface area contributed by atoms with Crippen molar-refractivity contribution >= 4 is 50.0 Å². The highest BCUT2D eigenvalue weighted by Crippen LogP contribution is 2.29. The molecule has 0 radical (unpaired) electrons. The number of hydrogen-bond acceptors (Lipinski definition) is 7. The van der Waals surface area contributed by atoms with E-state index in [0.29, 0.717) is 23.4 Å². The second kappa shape index (κ2) is 12.1. The van der Waals surface area contributed by atoms with Gasteiger partial charge in [-0.15, -0.1) is 0 Å². The van der Waals surface area contributed by atoms with Crippen LogP contribution in [0.4, 0.5) is 5.69 Å². The van der Waals surface area contributed by atoms with E-state index in [9.17, 15) is 18.0 Å². The van der Waals surface area contributed by atoms with E-state index in [1.165, 1.54) is 6.07 Å². The quantitative estimate of drug-likeness (QED) is 0.370. The monoisotopic (exact) mass is 584 g/mol. The summed E-state index contributed by atoms with van der Waals surface area (Å²) < 4.78 is 33.9. The third kappa shape index (κ3) is 6.09. The average Bonchev–Trinajstić information content (AvgIpc) is 2.97. The summed E-state index contributed by atoms with van der Waals surface area (Å²) in [5.74, 6) is -0.770. The molecule has 0 spiro atoms. The molecular formula is C29H33ClN4O5S. The van der Waals surface area contributed by atoms with Crippen molar-refractivity contribution in [1.29, 1.82) is 0 Å². The number of hydrogen-bond donors (Lipinski definition) is 0. The molecule has 40 heavy (non-hydrogen) atoms. The number of piperazine rings is 1. The van der Waals surface area contributed by atoms with Crippen LogP contribution < -0.4 is 4.90 Å². The maximum atomic E-state index is 13.7. The average molecular weight is 585 g/mol. The number of nitrogens with zero attached hydrogens (tertiary/aromatic N) is 4. The fourth-order valence-electron chi connectivity index (χ4n) is 5.40. The molecule has 3 aromatic rings. The summed E-state index contributed by atoms with van der Waals surface area (Å²) >= 11 is 6.07. The Labute approximate surface area is 239 Å². The van der Waals surface area contributed by atoms with Gasteiger partial charge in [0.15, 0.2) is 0 Å². The summed E-state index contributed by atoms with van der Waals surface area (Å²) in [6, 6.07) is 12.9. The molecule has 2 fully saturated rings. The van der Waals surface area contributed by atoms with Gasteiger partial charge in [0.2, 0.25) is 15.9 Å². The van der Waals surface area contributed by atoms with Crippen LogP contribution in [-0.4, -0.2) is 79.9 Å². The molecule has 0 aliphatic carbocycles. The molecule has 0 bridgehead atoms. The zero-order chi connectivity index (χ0) is 28.3. The van der Waals surface area contributed by atoms with Crippen molar-refractivity contribution in [3.8, 4) is 0 Å². The van der Waals surface area contributed by atoms with Crippen molar-refractivity contribution < 1.29 is 22.7 Å². The molecule has 1 unspecified atom stereocenters. The van der Waals surface area contributed by atoms with Crippen LogP contribution in [0.5, 0.6) is 0 Å². The lowest BCUT2D eigenvalue weighted by Crippen LogP contribution is -2.61. The second-order valence-electron chi connectivity index (χ2n) is 10.3. The lowest BCUT2D eigenvalue weighted by molar-refractivity contribution is -0.159. The lowest BCUT2D eigenvalue weighted by Gasteiger charge is -2.42. The fourth-order valence-corrected chi connectivity index (χ4v) is 7.01. The van der Waals surface area contributed by atoms with Crippen molar-refractivity contribution in [2.45, 2.75) is 37.1 Å². The Morgan fingerprint density at radius 3 is 2.48 bits per heavy atom. The maximum absolute atomic E-state index is 13.7. The SMILES string of the molecule is CCCOC(=O)C1CN(S(=O)(=O)c2ccc3cc(Cl)ccc3c2)CC(=O)N1CC1CCN(c2ccncc2)CC1. The fraction of sp³-hybridized carbons (Fsp3) is 0.414. The largest absolute Gasteiger partial charge is 0.464 e. The molecule has 0 saturated carbocycles. The smallest absolute Gasteiger partial charge is 0.330 e. The van der Waals surface area contributed by atoms with Gasteiger partial charge in [0.25, 0.3) is 0 Å². The zero-order valence-electron chi connectivity index (χ0n) is 22.4. The summed E-state index contributed by atoms with van der Waals surface area (Å²) in [5.41, 5.74) is 1.11. The first-order valence-corrected chi connectivity index (χ1v) is 15.4. The Kier molecular flexibility index (Phi) is 8.58. The number of anilines is 1. The summed E-state index contributed by atoms with van der Waals surface area (Å²) in [6.45, 7) is 3.67. The van der Waals surface area contributed by atoms with Crippen molar-refractivity contribution in [2.75, 3.05) is 44.2 Å². The Balaban J connectivity index is 1.33. The summed E-state index contributed by atoms with van der Waals surface area (Å²) in [4.78, 5) is 34.6. The molecule has 11 heteroatoms. The molecule has 2 saturated heterocycles. The number of benzene rings is 2. The van der Waals surface area contributed by atoms with E-state index in [4.69, 9.17) is 16.3 Å². The van der Waals surface area contributed by atoms with Crippen LogP contribution in [-0.2, 0) is 24.3 Å². The Bertz CT molecular complexity index is 1480. The Morgan fingerprint density at radius 1 is 1.05 bits per heavy atom. The number of amides is 1. The standard InChI is InChI=1S/C29H33ClN4O5S/c1-2-15-39-29(36)27-19-33(40(37,38)26-6-4-22-16-24(30)5-3-23(22)17-26)20-28(35)34(27)18-21-9-13-32(14-10-21)25-7-11-31-12-8-25/h3-8,11-12,16-17,21,27H,2,9-10,13-15,18-20H2,1H3. The highest BCUT2D eigenvalue weighted by molar-refractivity contribution is 7.89. The third-order valence-corrected chi connectivity index (χ3v) is 9.66. The number of sulfonamides is 1. The summed E-state index contributed by atoms with van der Waals surface area (Å²) in [7, 11) is -4.04. The second-order valence-corrected chi connectivity index (χ2v) is 12.7. The van der Waals surface area contributed by atoms with Crippen LogP contribution in [0, 0.1) is 5.92 Å². The number of fused-ring (bicyclic) bond motifs is 1. The molecule has 9 nitrogen and oxygen atoms in total. The number of rotatable bonds is 8. The summed E-state index contributed by atoms with van der Waals surface area (Å²) in [6.07, 6.45) is 5.88. The number of carbonyl (C=O) groups is 2. The normalized spacial score (nSPS) is 19.2. The van der Waals surface area contributed by atoms with Gasteiger partial charge in [-0.05, 0) is 72.4 Å². The van der Waals surface area contributed by atoms with E-state index >= 15 is 0 Å². The van der Waals surface area contributed by atoms with E-state index in [0.717, 1.165) is 41.3 Å². The molecule has 2 aliphatic heterocycles. The van der Waals surface area contributed by atoms with Crippen molar-refractivity contribution in [1.82, 2.24) is 14.2 Å². The first-order chi connectivity index (χ1) is 19.3. The van der Waals surface area contributed by atoms with Gasteiger partial charge in [-0.25, -0.2) is 13.2 Å². The number of piperidine rings is 1. The minimum absolute atomic E-state index is 0.0627.